The number of hydrogen-bond donors (Lipinski definition) is 1. The number of piperidine rings is 1. The van der Waals surface area contributed by atoms with Gasteiger partial charge in [-0.25, -0.2) is 0 Å². The molecule has 0 aliphatic carbocycles. The van der Waals surface area contributed by atoms with Gasteiger partial charge in [0.2, 0.25) is 5.91 Å². The van der Waals surface area contributed by atoms with Gasteiger partial charge in [0.05, 0.1) is 0 Å². The van der Waals surface area contributed by atoms with Crippen molar-refractivity contribution >= 4 is 11.8 Å². The lowest BCUT2D eigenvalue weighted by atomic mass is 9.70. The van der Waals surface area contributed by atoms with Crippen molar-refractivity contribution in [2.45, 2.75) is 59.9 Å². The Morgan fingerprint density at radius 2 is 1.52 bits per heavy atom. The molecule has 3 rings (SSSR count). The lowest BCUT2D eigenvalue weighted by Crippen LogP contribution is -2.55. The molecular weight excluding hydrogens is 384 g/mol. The Kier molecular flexibility index (Phi) is 6.88. The summed E-state index contributed by atoms with van der Waals surface area (Å²) in [6.07, 6.45) is 0.929. The molecule has 0 saturated carbocycles. The zero-order chi connectivity index (χ0) is 22.8. The minimum Gasteiger partial charge on any atom is -0.340 e. The number of nitrogens with zero attached hydrogens (tertiary/aromatic N) is 1. The van der Waals surface area contributed by atoms with Crippen LogP contribution < -0.4 is 5.32 Å². The monoisotopic (exact) mass is 420 g/mol. The van der Waals surface area contributed by atoms with Gasteiger partial charge in [0, 0.05) is 18.7 Å². The quantitative estimate of drug-likeness (QED) is 0.732. The van der Waals surface area contributed by atoms with Crippen LogP contribution in [0.5, 0.6) is 0 Å². The van der Waals surface area contributed by atoms with E-state index >= 15 is 0 Å². The van der Waals surface area contributed by atoms with Crippen LogP contribution in [0.4, 0.5) is 0 Å². The van der Waals surface area contributed by atoms with Crippen LogP contribution in [-0.2, 0) is 4.79 Å². The highest BCUT2D eigenvalue weighted by atomic mass is 16.2. The van der Waals surface area contributed by atoms with E-state index in [4.69, 9.17) is 0 Å². The molecular formula is C27H36N2O2. The SMILES string of the molecule is Cc1ccc(C(=O)N[C@@H](C(=O)N2CCC(c3ccc(C)cc3)C(C)(C)C2)C(C)C)cc1. The molecule has 1 aliphatic heterocycles. The lowest BCUT2D eigenvalue weighted by Gasteiger charge is -2.45. The standard InChI is InChI=1S/C27H36N2O2/c1-18(2)24(28-25(30)22-13-9-20(4)10-14-22)26(31)29-16-15-23(27(5,6)17-29)21-11-7-19(3)8-12-21/h7-14,18,23-24H,15-17H2,1-6H3,(H,28,30)/t23?,24-/m1/s1. The van der Waals surface area contributed by atoms with Crippen LogP contribution in [0.2, 0.25) is 0 Å². The van der Waals surface area contributed by atoms with Gasteiger partial charge >= 0.3 is 0 Å². The molecule has 2 atom stereocenters. The zero-order valence-corrected chi connectivity index (χ0v) is 19.7. The van der Waals surface area contributed by atoms with Crippen LogP contribution in [-0.4, -0.2) is 35.8 Å². The normalized spacial score (nSPS) is 19.2. The molecule has 4 nitrogen and oxygen atoms in total. The molecule has 0 spiro atoms. The van der Waals surface area contributed by atoms with E-state index in [0.29, 0.717) is 24.6 Å². The largest absolute Gasteiger partial charge is 0.340 e. The van der Waals surface area contributed by atoms with Gasteiger partial charge in [-0.3, -0.25) is 9.59 Å². The summed E-state index contributed by atoms with van der Waals surface area (Å²) in [5.74, 6) is 0.253. The highest BCUT2D eigenvalue weighted by Gasteiger charge is 2.40. The molecule has 1 fully saturated rings. The smallest absolute Gasteiger partial charge is 0.251 e. The Hall–Kier alpha value is -2.62. The van der Waals surface area contributed by atoms with Gasteiger partial charge in [-0.1, -0.05) is 75.2 Å². The molecule has 1 saturated heterocycles. The maximum Gasteiger partial charge on any atom is 0.251 e. The number of nitrogens with one attached hydrogen (secondary N) is 1. The van der Waals surface area contributed by atoms with Crippen molar-refractivity contribution in [1.82, 2.24) is 10.2 Å². The highest BCUT2D eigenvalue weighted by Crippen LogP contribution is 2.42. The summed E-state index contributed by atoms with van der Waals surface area (Å²) in [5, 5.41) is 3.00. The highest BCUT2D eigenvalue weighted by molar-refractivity contribution is 5.97. The molecule has 2 amide bonds. The second kappa shape index (κ2) is 9.25. The minimum absolute atomic E-state index is 0.0137. The second-order valence-electron chi connectivity index (χ2n) is 10.1. The second-order valence-corrected chi connectivity index (χ2v) is 10.1. The van der Waals surface area contributed by atoms with Crippen molar-refractivity contribution in [3.8, 4) is 0 Å². The number of rotatable bonds is 5. The maximum atomic E-state index is 13.4. The Bertz CT molecular complexity index is 913. The molecule has 0 radical (unpaired) electrons. The van der Waals surface area contributed by atoms with Gasteiger partial charge in [0.25, 0.3) is 5.91 Å². The molecule has 2 aromatic rings. The van der Waals surface area contributed by atoms with Gasteiger partial charge in [0.15, 0.2) is 0 Å². The van der Waals surface area contributed by atoms with Crippen molar-refractivity contribution in [3.05, 3.63) is 70.8 Å². The predicted molar refractivity (Wildman–Crippen MR) is 126 cm³/mol. The van der Waals surface area contributed by atoms with Crippen LogP contribution in [0.1, 0.15) is 67.1 Å². The molecule has 1 N–H and O–H groups in total. The summed E-state index contributed by atoms with van der Waals surface area (Å²) in [6, 6.07) is 15.7. The van der Waals surface area contributed by atoms with Gasteiger partial charge in [0.1, 0.15) is 6.04 Å². The van der Waals surface area contributed by atoms with Crippen LogP contribution in [0.25, 0.3) is 0 Å². The summed E-state index contributed by atoms with van der Waals surface area (Å²) in [6.45, 7) is 14.0. The summed E-state index contributed by atoms with van der Waals surface area (Å²) >= 11 is 0. The van der Waals surface area contributed by atoms with Crippen molar-refractivity contribution in [2.75, 3.05) is 13.1 Å². The Morgan fingerprint density at radius 1 is 0.968 bits per heavy atom. The first-order valence-electron chi connectivity index (χ1n) is 11.3. The summed E-state index contributed by atoms with van der Waals surface area (Å²) in [4.78, 5) is 28.2. The van der Waals surface area contributed by atoms with Crippen LogP contribution in [0.3, 0.4) is 0 Å². The van der Waals surface area contributed by atoms with Crippen LogP contribution in [0.15, 0.2) is 48.5 Å². The third kappa shape index (κ3) is 5.36. The lowest BCUT2D eigenvalue weighted by molar-refractivity contribution is -0.137. The Morgan fingerprint density at radius 3 is 2.03 bits per heavy atom. The molecule has 166 valence electrons. The third-order valence-corrected chi connectivity index (χ3v) is 6.55. The molecule has 1 unspecified atom stereocenters. The van der Waals surface area contributed by atoms with E-state index in [1.54, 1.807) is 0 Å². The van der Waals surface area contributed by atoms with E-state index in [2.05, 4.69) is 50.4 Å². The minimum atomic E-state index is -0.527. The molecule has 31 heavy (non-hydrogen) atoms. The van der Waals surface area contributed by atoms with Crippen molar-refractivity contribution in [3.63, 3.8) is 0 Å². The average Bonchev–Trinajstić information content (AvgIpc) is 2.72. The summed E-state index contributed by atoms with van der Waals surface area (Å²) in [5.41, 5.74) is 4.26. The fourth-order valence-electron chi connectivity index (χ4n) is 4.60. The average molecular weight is 421 g/mol. The number of carbonyl (C=O) groups is 2. The van der Waals surface area contributed by atoms with Crippen LogP contribution >= 0.6 is 0 Å². The zero-order valence-electron chi connectivity index (χ0n) is 19.7. The van der Waals surface area contributed by atoms with E-state index in [0.717, 1.165) is 12.0 Å². The van der Waals surface area contributed by atoms with E-state index in [1.807, 2.05) is 49.9 Å². The van der Waals surface area contributed by atoms with Gasteiger partial charge in [-0.15, -0.1) is 0 Å². The van der Waals surface area contributed by atoms with E-state index < -0.39 is 6.04 Å². The van der Waals surface area contributed by atoms with Crippen molar-refractivity contribution in [2.24, 2.45) is 11.3 Å². The summed E-state index contributed by atoms with van der Waals surface area (Å²) < 4.78 is 0. The molecule has 0 aromatic heterocycles. The first-order chi connectivity index (χ1) is 14.6. The Balaban J connectivity index is 1.72. The fraction of sp³-hybridized carbons (Fsp3) is 0.481. The number of hydrogen-bond acceptors (Lipinski definition) is 2. The third-order valence-electron chi connectivity index (χ3n) is 6.55. The first-order valence-corrected chi connectivity index (χ1v) is 11.3. The molecule has 1 heterocycles. The number of benzene rings is 2. The maximum absolute atomic E-state index is 13.4. The predicted octanol–water partition coefficient (Wildman–Crippen LogP) is 5.10. The molecule has 2 aromatic carbocycles. The van der Waals surface area contributed by atoms with Crippen molar-refractivity contribution in [1.29, 1.82) is 0 Å². The van der Waals surface area contributed by atoms with Crippen LogP contribution in [0, 0.1) is 25.2 Å². The van der Waals surface area contributed by atoms with E-state index in [9.17, 15) is 9.59 Å². The molecule has 1 aliphatic rings. The first kappa shape index (κ1) is 23.1. The van der Waals surface area contributed by atoms with Gasteiger partial charge in [-0.2, -0.15) is 0 Å². The number of aryl methyl sites for hydroxylation is 2. The number of likely N-dealkylation sites (tertiary alicyclic amines) is 1. The Labute approximate surface area is 187 Å². The van der Waals surface area contributed by atoms with E-state index in [1.165, 1.54) is 11.1 Å². The molecule has 4 heteroatoms. The van der Waals surface area contributed by atoms with E-state index in [-0.39, 0.29) is 23.1 Å². The topological polar surface area (TPSA) is 49.4 Å². The fourth-order valence-corrected chi connectivity index (χ4v) is 4.60. The van der Waals surface area contributed by atoms with Gasteiger partial charge in [-0.05, 0) is 55.2 Å². The van der Waals surface area contributed by atoms with Gasteiger partial charge < -0.3 is 10.2 Å². The summed E-state index contributed by atoms with van der Waals surface area (Å²) in [7, 11) is 0. The number of amides is 2. The molecule has 0 bridgehead atoms. The van der Waals surface area contributed by atoms with Crippen molar-refractivity contribution < 1.29 is 9.59 Å². The number of carbonyl (C=O) groups excluding carboxylic acids is 2.